The molecule has 13 heavy (non-hydrogen) atoms. The van der Waals surface area contributed by atoms with Crippen molar-refractivity contribution < 1.29 is 13.0 Å². The molecular formula is C7H5NO3S2. The smallest absolute Gasteiger partial charge is 0.280 e. The molecule has 1 aromatic carbocycles. The van der Waals surface area contributed by atoms with Crippen LogP contribution in [0.15, 0.2) is 28.6 Å². The van der Waals surface area contributed by atoms with Gasteiger partial charge in [-0.25, -0.2) is 4.98 Å². The van der Waals surface area contributed by atoms with Gasteiger partial charge in [0.1, 0.15) is 0 Å². The van der Waals surface area contributed by atoms with Crippen molar-refractivity contribution in [1.29, 1.82) is 1.43 Å². The molecule has 2 aromatic rings. The zero-order valence-electron chi connectivity index (χ0n) is 7.30. The summed E-state index contributed by atoms with van der Waals surface area (Å²) in [6, 6.07) is 7.02. The maximum absolute atomic E-state index is 11.1. The Labute approximate surface area is 80.1 Å². The lowest BCUT2D eigenvalue weighted by molar-refractivity contribution is 0.482. The first-order chi connectivity index (χ1) is 6.63. The van der Waals surface area contributed by atoms with Crippen LogP contribution >= 0.6 is 11.3 Å². The minimum Gasteiger partial charge on any atom is -0.280 e. The number of benzene rings is 1. The molecule has 6 heteroatoms. The van der Waals surface area contributed by atoms with E-state index in [-0.39, 0.29) is 4.34 Å². The van der Waals surface area contributed by atoms with Crippen molar-refractivity contribution in [2.24, 2.45) is 0 Å². The van der Waals surface area contributed by atoms with Crippen molar-refractivity contribution >= 4 is 31.7 Å². The van der Waals surface area contributed by atoms with E-state index in [4.69, 9.17) is 1.43 Å². The first-order valence-corrected chi connectivity index (χ1v) is 5.61. The first kappa shape index (κ1) is 7.43. The molecule has 0 saturated carbocycles. The molecular weight excluding hydrogens is 210 g/mol. The van der Waals surface area contributed by atoms with Crippen LogP contribution in [0.4, 0.5) is 0 Å². The van der Waals surface area contributed by atoms with Crippen molar-refractivity contribution in [2.45, 2.75) is 4.34 Å². The van der Waals surface area contributed by atoms with Crippen molar-refractivity contribution in [3.8, 4) is 0 Å². The largest absolute Gasteiger partial charge is 0.322 e. The van der Waals surface area contributed by atoms with Gasteiger partial charge in [0.25, 0.3) is 0 Å². The summed E-state index contributed by atoms with van der Waals surface area (Å²) in [5.41, 5.74) is 0.591. The van der Waals surface area contributed by atoms with E-state index in [1.54, 1.807) is 24.3 Å². The Morgan fingerprint density at radius 3 is 2.92 bits per heavy atom. The Kier molecular flexibility index (Phi) is 1.58. The number of hydrogen-bond acceptors (Lipinski definition) is 5. The normalized spacial score (nSPS) is 13.1. The number of aromatic nitrogens is 1. The molecule has 68 valence electrons. The Balaban J connectivity index is 2.67. The molecule has 0 amide bonds. The van der Waals surface area contributed by atoms with Gasteiger partial charge in [-0.2, -0.15) is 8.42 Å². The van der Waals surface area contributed by atoms with Crippen LogP contribution in [0, 0.1) is 0 Å². The monoisotopic (exact) mass is 216 g/mol. The Morgan fingerprint density at radius 1 is 1.46 bits per heavy atom. The highest BCUT2D eigenvalue weighted by molar-refractivity contribution is 7.88. The van der Waals surface area contributed by atoms with Crippen LogP contribution in [0.3, 0.4) is 0 Å². The van der Waals surface area contributed by atoms with Crippen molar-refractivity contribution in [1.82, 2.24) is 4.98 Å². The predicted molar refractivity (Wildman–Crippen MR) is 49.4 cm³/mol. The summed E-state index contributed by atoms with van der Waals surface area (Å²) in [5.74, 6) is 0. The molecule has 0 spiro atoms. The number of hydrogen-bond donors (Lipinski definition) is 1. The molecule has 0 aliphatic heterocycles. The highest BCUT2D eigenvalue weighted by Crippen LogP contribution is 2.24. The van der Waals surface area contributed by atoms with E-state index in [2.05, 4.69) is 9.54 Å². The summed E-state index contributed by atoms with van der Waals surface area (Å²) in [6.45, 7) is 0. The third kappa shape index (κ3) is 1.55. The molecule has 0 aliphatic rings. The van der Waals surface area contributed by atoms with Crippen LogP contribution < -0.4 is 0 Å². The van der Waals surface area contributed by atoms with E-state index in [0.717, 1.165) is 16.0 Å². The predicted octanol–water partition coefficient (Wildman–Crippen LogP) is 1.54. The van der Waals surface area contributed by atoms with E-state index < -0.39 is 10.1 Å². The summed E-state index contributed by atoms with van der Waals surface area (Å²) in [6.07, 6.45) is 0. The van der Waals surface area contributed by atoms with Gasteiger partial charge in [-0.3, -0.25) is 4.56 Å². The first-order valence-electron chi connectivity index (χ1n) is 3.80. The quantitative estimate of drug-likeness (QED) is 0.773. The number of rotatable bonds is 2. The van der Waals surface area contributed by atoms with Gasteiger partial charge >= 0.3 is 10.1 Å². The molecule has 0 fully saturated rings. The lowest BCUT2D eigenvalue weighted by Gasteiger charge is -1.83. The zero-order chi connectivity index (χ0) is 10.2. The molecule has 1 heterocycles. The molecule has 4 nitrogen and oxygen atoms in total. The highest BCUT2D eigenvalue weighted by Gasteiger charge is 2.15. The SMILES string of the molecule is [2H]OS(=O)(=O)c1nc2ccccc2s1. The van der Waals surface area contributed by atoms with Crippen LogP contribution in [0.5, 0.6) is 0 Å². The lowest BCUT2D eigenvalue weighted by Crippen LogP contribution is -1.95. The zero-order valence-corrected chi connectivity index (χ0v) is 7.93. The molecule has 1 aromatic heterocycles. The number of nitrogens with zero attached hydrogens (tertiary/aromatic N) is 1. The average molecular weight is 216 g/mol. The number of fused-ring (bicyclic) bond motifs is 1. The van der Waals surface area contributed by atoms with Crippen LogP contribution in [0.25, 0.3) is 11.6 Å². The molecule has 0 unspecified atom stereocenters. The summed E-state index contributed by atoms with van der Waals surface area (Å²) in [4.78, 5) is 3.84. The van der Waals surface area contributed by atoms with Gasteiger partial charge in [0, 0.05) is 0 Å². The Morgan fingerprint density at radius 2 is 2.23 bits per heavy atom. The Hall–Kier alpha value is -0.980. The summed E-state index contributed by atoms with van der Waals surface area (Å²) in [7, 11) is -3.99. The van der Waals surface area contributed by atoms with Crippen molar-refractivity contribution in [3.63, 3.8) is 0 Å². The van der Waals surface area contributed by atoms with Crippen molar-refractivity contribution in [2.75, 3.05) is 0 Å². The van der Waals surface area contributed by atoms with Crippen molar-refractivity contribution in [3.05, 3.63) is 24.3 Å². The van der Waals surface area contributed by atoms with Crippen LogP contribution in [-0.2, 0) is 10.1 Å². The van der Waals surface area contributed by atoms with Gasteiger partial charge < -0.3 is 0 Å². The second kappa shape index (κ2) is 2.76. The highest BCUT2D eigenvalue weighted by atomic mass is 32.3. The van der Waals surface area contributed by atoms with E-state index in [1.807, 2.05) is 0 Å². The topological polar surface area (TPSA) is 67.3 Å². The van der Waals surface area contributed by atoms with E-state index in [1.165, 1.54) is 0 Å². The molecule has 0 saturated heterocycles. The van der Waals surface area contributed by atoms with Gasteiger partial charge in [-0.1, -0.05) is 12.1 Å². The van der Waals surface area contributed by atoms with E-state index in [9.17, 15) is 8.42 Å². The minimum absolute atomic E-state index is 0.186. The molecule has 0 atom stereocenters. The number of thiazole rings is 1. The van der Waals surface area contributed by atoms with E-state index in [0.29, 0.717) is 5.52 Å². The maximum atomic E-state index is 11.1. The van der Waals surface area contributed by atoms with Gasteiger partial charge in [-0.05, 0) is 12.1 Å². The molecule has 0 radical (unpaired) electrons. The fraction of sp³-hybridized carbons (Fsp3) is 0. The second-order valence-corrected chi connectivity index (χ2v) is 4.99. The summed E-state index contributed by atoms with van der Waals surface area (Å²) < 4.78 is 32.8. The van der Waals surface area contributed by atoms with Crippen LogP contribution in [-0.4, -0.2) is 18.0 Å². The third-order valence-corrected chi connectivity index (χ3v) is 3.70. The molecule has 0 bridgehead atoms. The molecule has 0 aliphatic carbocycles. The molecule has 2 rings (SSSR count). The summed E-state index contributed by atoms with van der Waals surface area (Å²) >= 11 is 0.985. The Bertz CT molecular complexity index is 530. The standard InChI is InChI=1S/C7H5NO3S2/c9-13(10,11)7-8-5-3-1-2-4-6(5)12-7/h1-4H,(H,9,10,11)/i/hD. The minimum atomic E-state index is -3.99. The third-order valence-electron chi connectivity index (χ3n) is 1.49. The fourth-order valence-corrected chi connectivity index (χ4v) is 2.54. The average Bonchev–Trinajstić information content (AvgIpc) is 2.61. The molecule has 1 N–H and O–H groups in total. The van der Waals surface area contributed by atoms with Gasteiger partial charge in [0.2, 0.25) is 5.77 Å². The van der Waals surface area contributed by atoms with Gasteiger partial charge in [0.15, 0.2) is 0 Å². The lowest BCUT2D eigenvalue weighted by atomic mass is 10.3. The summed E-state index contributed by atoms with van der Waals surface area (Å²) in [5, 5.41) is 0. The van der Waals surface area contributed by atoms with Gasteiger partial charge in [0.05, 0.1) is 10.2 Å². The maximum Gasteiger partial charge on any atom is 0.322 e. The fourth-order valence-electron chi connectivity index (χ4n) is 0.958. The van der Waals surface area contributed by atoms with Crippen LogP contribution in [0.2, 0.25) is 0 Å². The number of para-hydroxylation sites is 1. The second-order valence-electron chi connectivity index (χ2n) is 2.40. The van der Waals surface area contributed by atoms with E-state index >= 15 is 0 Å². The van der Waals surface area contributed by atoms with Gasteiger partial charge in [-0.15, -0.1) is 11.3 Å². The van der Waals surface area contributed by atoms with Crippen LogP contribution in [0.1, 0.15) is 0 Å².